The van der Waals surface area contributed by atoms with Crippen LogP contribution in [-0.4, -0.2) is 46.2 Å². The molecule has 1 N–H and O–H groups in total. The molecular weight excluding hydrogens is 304 g/mol. The molecule has 2 aliphatic heterocycles. The van der Waals surface area contributed by atoms with Gasteiger partial charge in [0.25, 0.3) is 0 Å². The molecule has 0 saturated carbocycles. The molecule has 1 aromatic rings. The SMILES string of the molecule is CNCC1CCCN(S(=O)(=O)c2cc3c(cc2C)OCO3)C1. The zero-order valence-electron chi connectivity index (χ0n) is 13.0. The molecule has 2 heterocycles. The standard InChI is InChI=1S/C15H22N2O4S/c1-11-6-13-14(21-10-20-13)7-15(11)22(18,19)17-5-3-4-12(9-17)8-16-2/h6-7,12,16H,3-5,8-10H2,1-2H3. The van der Waals surface area contributed by atoms with Crippen molar-refractivity contribution in [3.63, 3.8) is 0 Å². The monoisotopic (exact) mass is 326 g/mol. The Hall–Kier alpha value is -1.31. The van der Waals surface area contributed by atoms with Gasteiger partial charge in [-0.15, -0.1) is 0 Å². The van der Waals surface area contributed by atoms with Crippen molar-refractivity contribution in [3.05, 3.63) is 17.7 Å². The van der Waals surface area contributed by atoms with Crippen LogP contribution in [0.5, 0.6) is 11.5 Å². The number of ether oxygens (including phenoxy) is 2. The number of nitrogens with zero attached hydrogens (tertiary/aromatic N) is 1. The van der Waals surface area contributed by atoms with Gasteiger partial charge in [-0.2, -0.15) is 4.31 Å². The van der Waals surface area contributed by atoms with Crippen molar-refractivity contribution in [2.75, 3.05) is 33.5 Å². The van der Waals surface area contributed by atoms with E-state index in [2.05, 4.69) is 5.32 Å². The van der Waals surface area contributed by atoms with Crippen molar-refractivity contribution >= 4 is 10.0 Å². The molecule has 0 aromatic heterocycles. The molecule has 0 spiro atoms. The summed E-state index contributed by atoms with van der Waals surface area (Å²) in [5.41, 5.74) is 0.694. The first-order chi connectivity index (χ1) is 10.5. The number of fused-ring (bicyclic) bond motifs is 1. The van der Waals surface area contributed by atoms with Gasteiger partial charge in [0.05, 0.1) is 4.90 Å². The molecular formula is C15H22N2O4S. The van der Waals surface area contributed by atoms with Gasteiger partial charge < -0.3 is 14.8 Å². The summed E-state index contributed by atoms with van der Waals surface area (Å²) in [4.78, 5) is 0.321. The maximum Gasteiger partial charge on any atom is 0.243 e. The lowest BCUT2D eigenvalue weighted by atomic mass is 10.00. The summed E-state index contributed by atoms with van der Waals surface area (Å²) in [6.45, 7) is 3.93. The highest BCUT2D eigenvalue weighted by atomic mass is 32.2. The molecule has 6 nitrogen and oxygen atoms in total. The van der Waals surface area contributed by atoms with E-state index >= 15 is 0 Å². The number of sulfonamides is 1. The van der Waals surface area contributed by atoms with Crippen molar-refractivity contribution in [2.45, 2.75) is 24.7 Å². The van der Waals surface area contributed by atoms with E-state index in [0.717, 1.165) is 19.4 Å². The second kappa shape index (κ2) is 6.06. The Morgan fingerprint density at radius 3 is 2.77 bits per heavy atom. The van der Waals surface area contributed by atoms with Crippen LogP contribution in [0.2, 0.25) is 0 Å². The fourth-order valence-corrected chi connectivity index (χ4v) is 4.92. The lowest BCUT2D eigenvalue weighted by molar-refractivity contribution is 0.174. The number of aryl methyl sites for hydroxylation is 1. The third-order valence-corrected chi connectivity index (χ3v) is 6.27. The maximum absolute atomic E-state index is 13.0. The van der Waals surface area contributed by atoms with E-state index in [4.69, 9.17) is 9.47 Å². The summed E-state index contributed by atoms with van der Waals surface area (Å²) in [5.74, 6) is 1.49. The molecule has 2 aliphatic rings. The van der Waals surface area contributed by atoms with Crippen LogP contribution in [0.25, 0.3) is 0 Å². The molecule has 1 saturated heterocycles. The van der Waals surface area contributed by atoms with Gasteiger partial charge in [0.15, 0.2) is 11.5 Å². The molecule has 122 valence electrons. The van der Waals surface area contributed by atoms with E-state index in [1.165, 1.54) is 0 Å². The average Bonchev–Trinajstić information content (AvgIpc) is 2.94. The maximum atomic E-state index is 13.0. The van der Waals surface area contributed by atoms with E-state index in [-0.39, 0.29) is 6.79 Å². The Morgan fingerprint density at radius 1 is 1.32 bits per heavy atom. The Balaban J connectivity index is 1.89. The Labute approximate surface area is 131 Å². The van der Waals surface area contributed by atoms with Gasteiger partial charge in [-0.25, -0.2) is 8.42 Å². The van der Waals surface area contributed by atoms with Crippen LogP contribution in [0.1, 0.15) is 18.4 Å². The van der Waals surface area contributed by atoms with Gasteiger partial charge in [-0.1, -0.05) is 0 Å². The largest absolute Gasteiger partial charge is 0.454 e. The first-order valence-corrected chi connectivity index (χ1v) is 9.01. The smallest absolute Gasteiger partial charge is 0.243 e. The highest BCUT2D eigenvalue weighted by Gasteiger charge is 2.32. The predicted molar refractivity (Wildman–Crippen MR) is 82.7 cm³/mol. The van der Waals surface area contributed by atoms with Gasteiger partial charge in [0.2, 0.25) is 16.8 Å². The van der Waals surface area contributed by atoms with Crippen molar-refractivity contribution < 1.29 is 17.9 Å². The first kappa shape index (κ1) is 15.6. The second-order valence-corrected chi connectivity index (χ2v) is 7.81. The number of piperidine rings is 1. The molecule has 7 heteroatoms. The van der Waals surface area contributed by atoms with E-state index in [0.29, 0.717) is 41.0 Å². The predicted octanol–water partition coefficient (Wildman–Crippen LogP) is 1.34. The van der Waals surface area contributed by atoms with E-state index in [1.807, 2.05) is 7.05 Å². The van der Waals surface area contributed by atoms with Crippen LogP contribution in [-0.2, 0) is 10.0 Å². The molecule has 1 atom stereocenters. The molecule has 22 heavy (non-hydrogen) atoms. The van der Waals surface area contributed by atoms with Gasteiger partial charge in [-0.3, -0.25) is 0 Å². The topological polar surface area (TPSA) is 67.9 Å². The molecule has 1 unspecified atom stereocenters. The zero-order chi connectivity index (χ0) is 15.7. The van der Waals surface area contributed by atoms with Crippen LogP contribution in [0, 0.1) is 12.8 Å². The highest BCUT2D eigenvalue weighted by molar-refractivity contribution is 7.89. The summed E-state index contributed by atoms with van der Waals surface area (Å²) in [6, 6.07) is 3.33. The average molecular weight is 326 g/mol. The van der Waals surface area contributed by atoms with Crippen molar-refractivity contribution in [2.24, 2.45) is 5.92 Å². The lowest BCUT2D eigenvalue weighted by Crippen LogP contribution is -2.42. The zero-order valence-corrected chi connectivity index (χ0v) is 13.8. The molecule has 0 radical (unpaired) electrons. The minimum Gasteiger partial charge on any atom is -0.454 e. The summed E-state index contributed by atoms with van der Waals surface area (Å²) in [5, 5.41) is 3.14. The molecule has 3 rings (SSSR count). The lowest BCUT2D eigenvalue weighted by Gasteiger charge is -2.32. The van der Waals surface area contributed by atoms with E-state index in [9.17, 15) is 8.42 Å². The molecule has 0 aliphatic carbocycles. The summed E-state index contributed by atoms with van der Waals surface area (Å²) >= 11 is 0. The number of hydrogen-bond donors (Lipinski definition) is 1. The van der Waals surface area contributed by atoms with Crippen LogP contribution in [0.4, 0.5) is 0 Å². The molecule has 1 aromatic carbocycles. The van der Waals surface area contributed by atoms with Gasteiger partial charge in [-0.05, 0) is 50.9 Å². The van der Waals surface area contributed by atoms with Gasteiger partial charge in [0.1, 0.15) is 0 Å². The number of benzene rings is 1. The summed E-state index contributed by atoms with van der Waals surface area (Å²) in [7, 11) is -1.60. The third kappa shape index (κ3) is 2.80. The van der Waals surface area contributed by atoms with Crippen molar-refractivity contribution in [3.8, 4) is 11.5 Å². The minimum atomic E-state index is -3.50. The Kier molecular flexibility index (Phi) is 4.29. The van der Waals surface area contributed by atoms with Crippen LogP contribution < -0.4 is 14.8 Å². The van der Waals surface area contributed by atoms with Crippen molar-refractivity contribution in [1.29, 1.82) is 0 Å². The quantitative estimate of drug-likeness (QED) is 0.904. The number of hydrogen-bond acceptors (Lipinski definition) is 5. The third-order valence-electron chi connectivity index (χ3n) is 4.26. The minimum absolute atomic E-state index is 0.145. The van der Waals surface area contributed by atoms with Crippen molar-refractivity contribution in [1.82, 2.24) is 9.62 Å². The normalized spacial score (nSPS) is 22.0. The number of nitrogens with one attached hydrogen (secondary N) is 1. The highest BCUT2D eigenvalue weighted by Crippen LogP contribution is 2.37. The molecule has 0 amide bonds. The molecule has 1 fully saturated rings. The fraction of sp³-hybridized carbons (Fsp3) is 0.600. The molecule has 0 bridgehead atoms. The Bertz CT molecular complexity index is 658. The van der Waals surface area contributed by atoms with Crippen LogP contribution >= 0.6 is 0 Å². The fourth-order valence-electron chi connectivity index (χ4n) is 3.14. The van der Waals surface area contributed by atoms with Gasteiger partial charge >= 0.3 is 0 Å². The van der Waals surface area contributed by atoms with E-state index in [1.54, 1.807) is 23.4 Å². The van der Waals surface area contributed by atoms with E-state index < -0.39 is 10.0 Å². The number of rotatable bonds is 4. The Morgan fingerprint density at radius 2 is 2.05 bits per heavy atom. The van der Waals surface area contributed by atoms with Crippen LogP contribution in [0.3, 0.4) is 0 Å². The summed E-state index contributed by atoms with van der Waals surface area (Å²) < 4.78 is 38.2. The van der Waals surface area contributed by atoms with Crippen LogP contribution in [0.15, 0.2) is 17.0 Å². The van der Waals surface area contributed by atoms with Gasteiger partial charge in [0, 0.05) is 19.2 Å². The first-order valence-electron chi connectivity index (χ1n) is 7.57. The second-order valence-electron chi connectivity index (χ2n) is 5.90. The summed E-state index contributed by atoms with van der Waals surface area (Å²) in [6.07, 6.45) is 1.96.